The zero-order chi connectivity index (χ0) is 16.1. The summed E-state index contributed by atoms with van der Waals surface area (Å²) in [6, 6.07) is 11.2. The number of rotatable bonds is 2. The average molecular weight is 324 g/mol. The van der Waals surface area contributed by atoms with E-state index in [1.165, 1.54) is 29.7 Å². The van der Waals surface area contributed by atoms with E-state index in [0.717, 1.165) is 9.60 Å². The molecule has 1 aliphatic rings. The first-order chi connectivity index (χ1) is 11.1. The summed E-state index contributed by atoms with van der Waals surface area (Å²) in [4.78, 5) is 37.2. The number of carbonyl (C=O) groups excluding carboxylic acids is 2. The lowest BCUT2D eigenvalue weighted by Gasteiger charge is -2.10. The fraction of sp³-hybridized carbons (Fsp3) is 0. The second-order valence-corrected chi connectivity index (χ2v) is 5.82. The summed E-state index contributed by atoms with van der Waals surface area (Å²) in [5.74, 6) is -1.90. The maximum absolute atomic E-state index is 12.6. The van der Waals surface area contributed by atoms with Crippen LogP contribution in [0.1, 0.15) is 31.1 Å². The highest BCUT2D eigenvalue weighted by atomic mass is 32.1. The Morgan fingerprint density at radius 1 is 1.04 bits per heavy atom. The van der Waals surface area contributed by atoms with Gasteiger partial charge in [0.05, 0.1) is 21.4 Å². The molecule has 2 aromatic carbocycles. The Labute approximate surface area is 133 Å². The lowest BCUT2D eigenvalue weighted by Crippen LogP contribution is -2.29. The third-order valence-corrected chi connectivity index (χ3v) is 4.52. The summed E-state index contributed by atoms with van der Waals surface area (Å²) in [6.07, 6.45) is 0. The number of carbonyl (C=O) groups is 3. The highest BCUT2D eigenvalue weighted by Crippen LogP contribution is 2.34. The van der Waals surface area contributed by atoms with Gasteiger partial charge < -0.3 is 5.11 Å². The van der Waals surface area contributed by atoms with E-state index in [9.17, 15) is 14.4 Å². The second-order valence-electron chi connectivity index (χ2n) is 5.01. The number of nitrogens with zero attached hydrogens (tertiary/aromatic N) is 2. The van der Waals surface area contributed by atoms with Gasteiger partial charge in [0.15, 0.2) is 5.82 Å². The number of aromatic carboxylic acids is 1. The Kier molecular flexibility index (Phi) is 2.79. The smallest absolute Gasteiger partial charge is 0.335 e. The molecule has 0 fully saturated rings. The van der Waals surface area contributed by atoms with E-state index >= 15 is 0 Å². The van der Waals surface area contributed by atoms with Crippen LogP contribution >= 0.6 is 11.5 Å². The normalized spacial score (nSPS) is 13.7. The predicted octanol–water partition coefficient (Wildman–Crippen LogP) is 2.80. The van der Waals surface area contributed by atoms with Crippen molar-refractivity contribution in [3.63, 3.8) is 0 Å². The number of imide groups is 1. The van der Waals surface area contributed by atoms with Gasteiger partial charge >= 0.3 is 5.97 Å². The van der Waals surface area contributed by atoms with Crippen molar-refractivity contribution in [1.29, 1.82) is 0 Å². The van der Waals surface area contributed by atoms with Gasteiger partial charge in [-0.05, 0) is 41.9 Å². The van der Waals surface area contributed by atoms with Crippen LogP contribution in [0.3, 0.4) is 0 Å². The van der Waals surface area contributed by atoms with E-state index in [1.54, 1.807) is 12.1 Å². The molecule has 23 heavy (non-hydrogen) atoms. The van der Waals surface area contributed by atoms with Crippen molar-refractivity contribution < 1.29 is 19.5 Å². The van der Waals surface area contributed by atoms with E-state index in [-0.39, 0.29) is 22.5 Å². The molecule has 1 aromatic heterocycles. The van der Waals surface area contributed by atoms with Crippen LogP contribution in [0.4, 0.5) is 5.82 Å². The Balaban J connectivity index is 1.87. The van der Waals surface area contributed by atoms with Crippen LogP contribution in [0.15, 0.2) is 42.5 Å². The van der Waals surface area contributed by atoms with E-state index in [4.69, 9.17) is 5.11 Å². The van der Waals surface area contributed by atoms with E-state index in [2.05, 4.69) is 4.37 Å². The summed E-state index contributed by atoms with van der Waals surface area (Å²) in [6.45, 7) is 0. The minimum Gasteiger partial charge on any atom is -0.478 e. The third kappa shape index (κ3) is 1.87. The van der Waals surface area contributed by atoms with Crippen molar-refractivity contribution >= 4 is 45.2 Å². The molecule has 1 N–H and O–H groups in total. The summed E-state index contributed by atoms with van der Waals surface area (Å²) in [5, 5.41) is 9.75. The fourth-order valence-electron chi connectivity index (χ4n) is 2.60. The van der Waals surface area contributed by atoms with Crippen molar-refractivity contribution in [1.82, 2.24) is 4.37 Å². The zero-order valence-corrected chi connectivity index (χ0v) is 12.3. The quantitative estimate of drug-likeness (QED) is 0.732. The Hall–Kier alpha value is -3.06. The molecule has 0 bridgehead atoms. The van der Waals surface area contributed by atoms with Crippen LogP contribution in [0, 0.1) is 0 Å². The van der Waals surface area contributed by atoms with Crippen molar-refractivity contribution in [2.75, 3.05) is 4.90 Å². The summed E-state index contributed by atoms with van der Waals surface area (Å²) in [5.41, 5.74) is 0.249. The minimum atomic E-state index is -1.15. The maximum atomic E-state index is 12.6. The number of anilines is 1. The van der Waals surface area contributed by atoms with Gasteiger partial charge in [-0.1, -0.05) is 12.1 Å². The Bertz CT molecular complexity index is 1010. The number of hydrogen-bond donors (Lipinski definition) is 1. The largest absolute Gasteiger partial charge is 0.478 e. The first kappa shape index (κ1) is 13.6. The molecule has 2 heterocycles. The SMILES string of the molecule is O=C(O)c1ccc2c(c1)C(=O)N(c1nsc3ccccc13)C2=O. The molecule has 3 aromatic rings. The lowest BCUT2D eigenvalue weighted by molar-refractivity contribution is 0.0696. The molecule has 0 atom stereocenters. The van der Waals surface area contributed by atoms with Crippen LogP contribution < -0.4 is 4.90 Å². The van der Waals surface area contributed by atoms with Gasteiger partial charge in [-0.15, -0.1) is 0 Å². The number of carboxylic acid groups (broad SMARTS) is 1. The molecule has 1 aliphatic heterocycles. The van der Waals surface area contributed by atoms with Crippen molar-refractivity contribution in [2.24, 2.45) is 0 Å². The molecule has 0 aliphatic carbocycles. The zero-order valence-electron chi connectivity index (χ0n) is 11.5. The van der Waals surface area contributed by atoms with Crippen LogP contribution in [0.5, 0.6) is 0 Å². The minimum absolute atomic E-state index is 0.0325. The second kappa shape index (κ2) is 4.72. The van der Waals surface area contributed by atoms with Crippen molar-refractivity contribution in [3.8, 4) is 0 Å². The monoisotopic (exact) mass is 324 g/mol. The Morgan fingerprint density at radius 3 is 2.57 bits per heavy atom. The molecule has 4 rings (SSSR count). The van der Waals surface area contributed by atoms with Crippen LogP contribution in [0.2, 0.25) is 0 Å². The van der Waals surface area contributed by atoms with Gasteiger partial charge in [0.1, 0.15) is 0 Å². The molecule has 0 spiro atoms. The highest BCUT2D eigenvalue weighted by molar-refractivity contribution is 7.13. The predicted molar refractivity (Wildman–Crippen MR) is 84.2 cm³/mol. The Morgan fingerprint density at radius 2 is 1.78 bits per heavy atom. The van der Waals surface area contributed by atoms with Gasteiger partial charge in [0.25, 0.3) is 11.8 Å². The molecule has 0 radical (unpaired) electrons. The molecular weight excluding hydrogens is 316 g/mol. The first-order valence-electron chi connectivity index (χ1n) is 6.68. The summed E-state index contributed by atoms with van der Waals surface area (Å²) in [7, 11) is 0. The number of hydrogen-bond acceptors (Lipinski definition) is 5. The van der Waals surface area contributed by atoms with Gasteiger partial charge in [-0.2, -0.15) is 4.37 Å². The van der Waals surface area contributed by atoms with E-state index < -0.39 is 17.8 Å². The van der Waals surface area contributed by atoms with E-state index in [0.29, 0.717) is 5.39 Å². The van der Waals surface area contributed by atoms with Crippen LogP contribution in [-0.2, 0) is 0 Å². The van der Waals surface area contributed by atoms with Crippen molar-refractivity contribution in [3.05, 3.63) is 59.2 Å². The van der Waals surface area contributed by atoms with Crippen LogP contribution in [0.25, 0.3) is 10.1 Å². The van der Waals surface area contributed by atoms with Crippen LogP contribution in [-0.4, -0.2) is 27.3 Å². The van der Waals surface area contributed by atoms with Crippen molar-refractivity contribution in [2.45, 2.75) is 0 Å². The maximum Gasteiger partial charge on any atom is 0.335 e. The fourth-order valence-corrected chi connectivity index (χ4v) is 3.36. The topological polar surface area (TPSA) is 87.6 Å². The number of amides is 2. The highest BCUT2D eigenvalue weighted by Gasteiger charge is 2.39. The van der Waals surface area contributed by atoms with Gasteiger partial charge in [0.2, 0.25) is 0 Å². The number of benzene rings is 2. The van der Waals surface area contributed by atoms with E-state index in [1.807, 2.05) is 12.1 Å². The number of aromatic nitrogens is 1. The first-order valence-corrected chi connectivity index (χ1v) is 7.46. The lowest BCUT2D eigenvalue weighted by atomic mass is 10.1. The molecule has 6 nitrogen and oxygen atoms in total. The molecular formula is C16H8N2O4S. The molecule has 112 valence electrons. The molecule has 0 saturated heterocycles. The molecule has 2 amide bonds. The summed E-state index contributed by atoms with van der Waals surface area (Å²) >= 11 is 1.20. The standard InChI is InChI=1S/C16H8N2O4S/c19-14-9-6-5-8(16(21)22)7-11(9)15(20)18(14)13-10-3-1-2-4-12(10)23-17-13/h1-7H,(H,21,22). The third-order valence-electron chi connectivity index (χ3n) is 3.70. The number of carboxylic acids is 1. The molecule has 0 unspecified atom stereocenters. The molecule has 7 heteroatoms. The average Bonchev–Trinajstić information content (AvgIpc) is 3.07. The molecule has 0 saturated carbocycles. The van der Waals surface area contributed by atoms with Gasteiger partial charge in [0, 0.05) is 5.39 Å². The van der Waals surface area contributed by atoms with Gasteiger partial charge in [-0.3, -0.25) is 9.59 Å². The number of fused-ring (bicyclic) bond motifs is 2. The van der Waals surface area contributed by atoms with Gasteiger partial charge in [-0.25, -0.2) is 9.69 Å². The summed E-state index contributed by atoms with van der Waals surface area (Å²) < 4.78 is 5.09.